The van der Waals surface area contributed by atoms with Crippen LogP contribution >= 0.6 is 0 Å². The van der Waals surface area contributed by atoms with E-state index in [2.05, 4.69) is 9.97 Å². The van der Waals surface area contributed by atoms with E-state index in [1.165, 1.54) is 12.4 Å². The maximum Gasteiger partial charge on any atom is 0.293 e. The minimum atomic E-state index is -0.506. The van der Waals surface area contributed by atoms with E-state index in [1.807, 2.05) is 4.90 Å². The van der Waals surface area contributed by atoms with E-state index in [4.69, 9.17) is 0 Å². The first-order valence-electron chi connectivity index (χ1n) is 6.65. The molecule has 1 atom stereocenters. The Labute approximate surface area is 119 Å². The molecule has 1 aliphatic heterocycles. The summed E-state index contributed by atoms with van der Waals surface area (Å²) >= 11 is 0. The Morgan fingerprint density at radius 2 is 2.33 bits per heavy atom. The standard InChI is InChI=1S/C13H14N4O4/c18-6-8-2-1-3-16(8)11-5-10-9(4-12(11)17(20)21)13(19)15-7-14-10/h4-5,7-8,18H,1-3,6H2,(H,14,15,19). The fourth-order valence-electron chi connectivity index (χ4n) is 2.81. The maximum atomic E-state index is 11.7. The number of H-pyrrole nitrogens is 1. The number of nitro groups is 1. The fraction of sp³-hybridized carbons (Fsp3) is 0.385. The van der Waals surface area contributed by atoms with Crippen LogP contribution in [-0.2, 0) is 0 Å². The number of hydrogen-bond donors (Lipinski definition) is 2. The number of aromatic nitrogens is 2. The van der Waals surface area contributed by atoms with Crippen LogP contribution in [0.2, 0.25) is 0 Å². The molecule has 1 unspecified atom stereocenters. The lowest BCUT2D eigenvalue weighted by Crippen LogP contribution is -2.32. The first-order valence-corrected chi connectivity index (χ1v) is 6.65. The highest BCUT2D eigenvalue weighted by Crippen LogP contribution is 2.35. The van der Waals surface area contributed by atoms with Crippen molar-refractivity contribution >= 4 is 22.3 Å². The van der Waals surface area contributed by atoms with E-state index >= 15 is 0 Å². The van der Waals surface area contributed by atoms with Gasteiger partial charge in [0.15, 0.2) is 0 Å². The van der Waals surface area contributed by atoms with Gasteiger partial charge < -0.3 is 15.0 Å². The Morgan fingerprint density at radius 1 is 1.52 bits per heavy atom. The third-order valence-electron chi connectivity index (χ3n) is 3.83. The molecule has 2 aromatic rings. The second kappa shape index (κ2) is 5.13. The van der Waals surface area contributed by atoms with E-state index in [9.17, 15) is 20.0 Å². The van der Waals surface area contributed by atoms with Crippen LogP contribution in [-0.4, -0.2) is 39.2 Å². The smallest absolute Gasteiger partial charge is 0.293 e. The minimum Gasteiger partial charge on any atom is -0.394 e. The number of nitrogens with one attached hydrogen (secondary N) is 1. The molecule has 1 fully saturated rings. The Kier molecular flexibility index (Phi) is 3.30. The quantitative estimate of drug-likeness (QED) is 0.638. The van der Waals surface area contributed by atoms with Gasteiger partial charge in [0.25, 0.3) is 11.2 Å². The molecule has 8 heteroatoms. The van der Waals surface area contributed by atoms with Crippen molar-refractivity contribution in [1.82, 2.24) is 9.97 Å². The molecule has 0 spiro atoms. The molecule has 0 saturated carbocycles. The van der Waals surface area contributed by atoms with Crippen LogP contribution < -0.4 is 10.5 Å². The zero-order valence-electron chi connectivity index (χ0n) is 11.2. The first-order chi connectivity index (χ1) is 10.1. The number of nitrogens with zero attached hydrogens (tertiary/aromatic N) is 3. The summed E-state index contributed by atoms with van der Waals surface area (Å²) in [5, 5.41) is 20.9. The second-order valence-electron chi connectivity index (χ2n) is 5.02. The molecule has 2 heterocycles. The Balaban J connectivity index is 2.23. The summed E-state index contributed by atoms with van der Waals surface area (Å²) in [4.78, 5) is 30.8. The molecule has 1 saturated heterocycles. The van der Waals surface area contributed by atoms with Gasteiger partial charge in [0, 0.05) is 12.6 Å². The molecule has 8 nitrogen and oxygen atoms in total. The molecule has 110 valence electrons. The van der Waals surface area contributed by atoms with Crippen LogP contribution in [0.5, 0.6) is 0 Å². The Bertz CT molecular complexity index is 757. The van der Waals surface area contributed by atoms with Crippen molar-refractivity contribution in [1.29, 1.82) is 0 Å². The highest BCUT2D eigenvalue weighted by atomic mass is 16.6. The van der Waals surface area contributed by atoms with Gasteiger partial charge in [0.05, 0.1) is 34.8 Å². The molecular formula is C13H14N4O4. The lowest BCUT2D eigenvalue weighted by atomic mass is 10.1. The van der Waals surface area contributed by atoms with Gasteiger partial charge >= 0.3 is 0 Å². The van der Waals surface area contributed by atoms with Crippen LogP contribution in [0.1, 0.15) is 12.8 Å². The average Bonchev–Trinajstić information content (AvgIpc) is 2.94. The summed E-state index contributed by atoms with van der Waals surface area (Å²) in [5.74, 6) is 0. The monoisotopic (exact) mass is 290 g/mol. The summed E-state index contributed by atoms with van der Waals surface area (Å²) in [7, 11) is 0. The molecule has 3 rings (SSSR count). The highest BCUT2D eigenvalue weighted by molar-refractivity contribution is 5.87. The lowest BCUT2D eigenvalue weighted by molar-refractivity contribution is -0.384. The highest BCUT2D eigenvalue weighted by Gasteiger charge is 2.30. The van der Waals surface area contributed by atoms with Gasteiger partial charge in [0.1, 0.15) is 5.69 Å². The molecule has 0 amide bonds. The molecule has 0 aliphatic carbocycles. The number of fused-ring (bicyclic) bond motifs is 1. The molecule has 0 bridgehead atoms. The van der Waals surface area contributed by atoms with Crippen molar-refractivity contribution in [3.05, 3.63) is 38.9 Å². The third kappa shape index (κ3) is 2.23. The van der Waals surface area contributed by atoms with Crippen molar-refractivity contribution in [3.63, 3.8) is 0 Å². The fourth-order valence-corrected chi connectivity index (χ4v) is 2.81. The Morgan fingerprint density at radius 3 is 3.05 bits per heavy atom. The summed E-state index contributed by atoms with van der Waals surface area (Å²) in [5.41, 5.74) is 0.265. The van der Waals surface area contributed by atoms with Crippen LogP contribution in [0.4, 0.5) is 11.4 Å². The van der Waals surface area contributed by atoms with E-state index in [-0.39, 0.29) is 23.7 Å². The van der Waals surface area contributed by atoms with Crippen LogP contribution in [0.25, 0.3) is 10.9 Å². The van der Waals surface area contributed by atoms with Gasteiger partial charge in [-0.15, -0.1) is 0 Å². The minimum absolute atomic E-state index is 0.0575. The predicted octanol–water partition coefficient (Wildman–Crippen LogP) is 0.792. The van der Waals surface area contributed by atoms with Crippen molar-refractivity contribution < 1.29 is 10.0 Å². The third-order valence-corrected chi connectivity index (χ3v) is 3.83. The van der Waals surface area contributed by atoms with Gasteiger partial charge in [-0.1, -0.05) is 0 Å². The van der Waals surface area contributed by atoms with Gasteiger partial charge in [0.2, 0.25) is 0 Å². The van der Waals surface area contributed by atoms with Crippen molar-refractivity contribution in [3.8, 4) is 0 Å². The van der Waals surface area contributed by atoms with Crippen molar-refractivity contribution in [2.75, 3.05) is 18.1 Å². The first kappa shape index (κ1) is 13.5. The number of benzene rings is 1. The summed E-state index contributed by atoms with van der Waals surface area (Å²) < 4.78 is 0. The number of aliphatic hydroxyl groups is 1. The SMILES string of the molecule is O=c1[nH]cnc2cc(N3CCCC3CO)c([N+](=O)[O-])cc12. The number of aromatic amines is 1. The Hall–Kier alpha value is -2.48. The molecule has 21 heavy (non-hydrogen) atoms. The normalized spacial score (nSPS) is 18.3. The van der Waals surface area contributed by atoms with E-state index in [0.717, 1.165) is 12.8 Å². The van der Waals surface area contributed by atoms with Gasteiger partial charge in [-0.25, -0.2) is 4.98 Å². The molecule has 1 aromatic heterocycles. The summed E-state index contributed by atoms with van der Waals surface area (Å²) in [6.07, 6.45) is 2.92. The predicted molar refractivity (Wildman–Crippen MR) is 76.5 cm³/mol. The van der Waals surface area contributed by atoms with Crippen LogP contribution in [0.3, 0.4) is 0 Å². The number of nitro benzene ring substituents is 1. The average molecular weight is 290 g/mol. The van der Waals surface area contributed by atoms with Crippen molar-refractivity contribution in [2.45, 2.75) is 18.9 Å². The van der Waals surface area contributed by atoms with Crippen LogP contribution in [0.15, 0.2) is 23.3 Å². The van der Waals surface area contributed by atoms with E-state index in [1.54, 1.807) is 6.07 Å². The summed E-state index contributed by atoms with van der Waals surface area (Å²) in [6.45, 7) is 0.582. The second-order valence-corrected chi connectivity index (χ2v) is 5.02. The maximum absolute atomic E-state index is 11.7. The molecular weight excluding hydrogens is 276 g/mol. The largest absolute Gasteiger partial charge is 0.394 e. The molecule has 1 aromatic carbocycles. The number of aliphatic hydroxyl groups excluding tert-OH is 1. The lowest BCUT2D eigenvalue weighted by Gasteiger charge is -2.25. The molecule has 0 radical (unpaired) electrons. The molecule has 1 aliphatic rings. The number of hydrogen-bond acceptors (Lipinski definition) is 6. The van der Waals surface area contributed by atoms with Gasteiger partial charge in [-0.05, 0) is 18.9 Å². The van der Waals surface area contributed by atoms with Gasteiger partial charge in [-0.2, -0.15) is 0 Å². The summed E-state index contributed by atoms with van der Waals surface area (Å²) in [6, 6.07) is 2.67. The molecule has 2 N–H and O–H groups in total. The van der Waals surface area contributed by atoms with Crippen molar-refractivity contribution in [2.24, 2.45) is 0 Å². The topological polar surface area (TPSA) is 112 Å². The van der Waals surface area contributed by atoms with Crippen LogP contribution in [0, 0.1) is 10.1 Å². The zero-order chi connectivity index (χ0) is 15.0. The van der Waals surface area contributed by atoms with Gasteiger partial charge in [-0.3, -0.25) is 14.9 Å². The van der Waals surface area contributed by atoms with E-state index < -0.39 is 10.5 Å². The number of rotatable bonds is 3. The number of anilines is 1. The zero-order valence-corrected chi connectivity index (χ0v) is 11.2. The van der Waals surface area contributed by atoms with E-state index in [0.29, 0.717) is 17.7 Å².